The van der Waals surface area contributed by atoms with Gasteiger partial charge in [0.15, 0.2) is 0 Å². The van der Waals surface area contributed by atoms with Crippen molar-refractivity contribution in [2.75, 3.05) is 0 Å². The first-order valence-electron chi connectivity index (χ1n) is 6.93. The van der Waals surface area contributed by atoms with Gasteiger partial charge in [0, 0.05) is 6.04 Å². The number of rotatable bonds is 7. The van der Waals surface area contributed by atoms with Gasteiger partial charge in [-0.25, -0.2) is 0 Å². The number of aryl methyl sites for hydroxylation is 2. The molecule has 2 unspecified atom stereocenters. The predicted octanol–water partition coefficient (Wildman–Crippen LogP) is 4.08. The lowest BCUT2D eigenvalue weighted by Gasteiger charge is -2.17. The standard InChI is InChI=1S/C16H27N/c1-4-7-13(2)12-16(17)11-10-15-9-6-5-8-14(15)3/h5-6,8-9,13,16H,4,7,10-12,17H2,1-3H3. The van der Waals surface area contributed by atoms with Gasteiger partial charge in [-0.2, -0.15) is 0 Å². The van der Waals surface area contributed by atoms with Gasteiger partial charge in [-0.3, -0.25) is 0 Å². The van der Waals surface area contributed by atoms with Crippen molar-refractivity contribution in [3.05, 3.63) is 35.4 Å². The highest BCUT2D eigenvalue weighted by Gasteiger charge is 2.09. The fraction of sp³-hybridized carbons (Fsp3) is 0.625. The second-order valence-electron chi connectivity index (χ2n) is 5.35. The highest BCUT2D eigenvalue weighted by atomic mass is 14.6. The lowest BCUT2D eigenvalue weighted by molar-refractivity contribution is 0.419. The number of benzene rings is 1. The number of hydrogen-bond acceptors (Lipinski definition) is 1. The number of hydrogen-bond donors (Lipinski definition) is 1. The molecule has 0 aliphatic carbocycles. The van der Waals surface area contributed by atoms with Crippen molar-refractivity contribution < 1.29 is 0 Å². The first kappa shape index (κ1) is 14.2. The Bertz CT molecular complexity index is 319. The van der Waals surface area contributed by atoms with E-state index in [-0.39, 0.29) is 0 Å². The second-order valence-corrected chi connectivity index (χ2v) is 5.35. The smallest absolute Gasteiger partial charge is 0.00445 e. The molecule has 0 bridgehead atoms. The van der Waals surface area contributed by atoms with Gasteiger partial charge in [-0.1, -0.05) is 51.0 Å². The summed E-state index contributed by atoms with van der Waals surface area (Å²) in [6.45, 7) is 6.74. The van der Waals surface area contributed by atoms with Gasteiger partial charge < -0.3 is 5.73 Å². The topological polar surface area (TPSA) is 26.0 Å². The molecule has 1 heteroatoms. The van der Waals surface area contributed by atoms with Crippen molar-refractivity contribution >= 4 is 0 Å². The summed E-state index contributed by atoms with van der Waals surface area (Å²) in [6.07, 6.45) is 5.97. The molecule has 0 fully saturated rings. The van der Waals surface area contributed by atoms with Gasteiger partial charge in [0.25, 0.3) is 0 Å². The van der Waals surface area contributed by atoms with Crippen LogP contribution >= 0.6 is 0 Å². The molecule has 0 spiro atoms. The molecule has 0 amide bonds. The summed E-state index contributed by atoms with van der Waals surface area (Å²) in [6, 6.07) is 8.98. The Morgan fingerprint density at radius 2 is 1.88 bits per heavy atom. The van der Waals surface area contributed by atoms with Gasteiger partial charge >= 0.3 is 0 Å². The summed E-state index contributed by atoms with van der Waals surface area (Å²) < 4.78 is 0. The maximum atomic E-state index is 6.20. The Balaban J connectivity index is 2.33. The molecule has 2 atom stereocenters. The zero-order valence-electron chi connectivity index (χ0n) is 11.6. The highest BCUT2D eigenvalue weighted by molar-refractivity contribution is 5.25. The van der Waals surface area contributed by atoms with Gasteiger partial charge in [0.05, 0.1) is 0 Å². The van der Waals surface area contributed by atoms with Crippen molar-refractivity contribution in [2.45, 2.75) is 58.9 Å². The van der Waals surface area contributed by atoms with Gasteiger partial charge in [0.2, 0.25) is 0 Å². The summed E-state index contributed by atoms with van der Waals surface area (Å²) in [5.74, 6) is 0.770. The molecule has 17 heavy (non-hydrogen) atoms. The van der Waals surface area contributed by atoms with Crippen molar-refractivity contribution in [1.82, 2.24) is 0 Å². The highest BCUT2D eigenvalue weighted by Crippen LogP contribution is 2.16. The third-order valence-electron chi connectivity index (χ3n) is 3.53. The molecule has 0 radical (unpaired) electrons. The van der Waals surface area contributed by atoms with E-state index in [9.17, 15) is 0 Å². The molecule has 1 rings (SSSR count). The van der Waals surface area contributed by atoms with Crippen LogP contribution in [0.2, 0.25) is 0 Å². The Hall–Kier alpha value is -0.820. The molecule has 96 valence electrons. The van der Waals surface area contributed by atoms with Crippen molar-refractivity contribution in [1.29, 1.82) is 0 Å². The van der Waals surface area contributed by atoms with Crippen LogP contribution in [0, 0.1) is 12.8 Å². The lowest BCUT2D eigenvalue weighted by atomic mass is 9.93. The molecule has 2 N–H and O–H groups in total. The lowest BCUT2D eigenvalue weighted by Crippen LogP contribution is -2.23. The van der Waals surface area contributed by atoms with Crippen LogP contribution in [-0.4, -0.2) is 6.04 Å². The van der Waals surface area contributed by atoms with E-state index in [1.54, 1.807) is 0 Å². The maximum absolute atomic E-state index is 6.20. The number of nitrogens with two attached hydrogens (primary N) is 1. The minimum absolute atomic E-state index is 0.358. The van der Waals surface area contributed by atoms with Gasteiger partial charge in [0.1, 0.15) is 0 Å². The first-order chi connectivity index (χ1) is 8.13. The van der Waals surface area contributed by atoms with E-state index in [4.69, 9.17) is 5.73 Å². The van der Waals surface area contributed by atoms with Gasteiger partial charge in [-0.15, -0.1) is 0 Å². The fourth-order valence-electron chi connectivity index (χ4n) is 2.48. The SMILES string of the molecule is CCCC(C)CC(N)CCc1ccccc1C. The molecule has 0 aromatic heterocycles. The van der Waals surface area contributed by atoms with Crippen LogP contribution in [0.5, 0.6) is 0 Å². The summed E-state index contributed by atoms with van der Waals surface area (Å²) in [5.41, 5.74) is 9.04. The Labute approximate surface area is 106 Å². The fourth-order valence-corrected chi connectivity index (χ4v) is 2.48. The van der Waals surface area contributed by atoms with E-state index in [1.165, 1.54) is 30.4 Å². The normalized spacial score (nSPS) is 14.6. The van der Waals surface area contributed by atoms with Crippen molar-refractivity contribution in [2.24, 2.45) is 11.7 Å². The molecular weight excluding hydrogens is 206 g/mol. The van der Waals surface area contributed by atoms with E-state index in [0.717, 1.165) is 18.8 Å². The van der Waals surface area contributed by atoms with Gasteiger partial charge in [-0.05, 0) is 43.2 Å². The Morgan fingerprint density at radius 3 is 2.53 bits per heavy atom. The third kappa shape index (κ3) is 5.36. The minimum atomic E-state index is 0.358. The van der Waals surface area contributed by atoms with Crippen LogP contribution in [0.3, 0.4) is 0 Å². The predicted molar refractivity (Wildman–Crippen MR) is 76.2 cm³/mol. The summed E-state index contributed by atoms with van der Waals surface area (Å²) >= 11 is 0. The average molecular weight is 233 g/mol. The molecule has 0 aliphatic heterocycles. The zero-order chi connectivity index (χ0) is 12.7. The summed E-state index contributed by atoms with van der Waals surface area (Å²) in [7, 11) is 0. The molecule has 1 aromatic carbocycles. The molecule has 1 aromatic rings. The van der Waals surface area contributed by atoms with Crippen LogP contribution < -0.4 is 5.73 Å². The second kappa shape index (κ2) is 7.50. The van der Waals surface area contributed by atoms with E-state index in [2.05, 4.69) is 45.0 Å². The molecular formula is C16H27N. The Kier molecular flexibility index (Phi) is 6.28. The molecule has 0 heterocycles. The van der Waals surface area contributed by atoms with E-state index < -0.39 is 0 Å². The summed E-state index contributed by atoms with van der Waals surface area (Å²) in [4.78, 5) is 0. The molecule has 0 saturated heterocycles. The van der Waals surface area contributed by atoms with Crippen LogP contribution in [0.25, 0.3) is 0 Å². The molecule has 1 nitrogen and oxygen atoms in total. The monoisotopic (exact) mass is 233 g/mol. The van der Waals surface area contributed by atoms with Crippen LogP contribution in [0.1, 0.15) is 50.7 Å². The first-order valence-corrected chi connectivity index (χ1v) is 6.93. The van der Waals surface area contributed by atoms with Crippen LogP contribution in [-0.2, 0) is 6.42 Å². The molecule has 0 aliphatic rings. The van der Waals surface area contributed by atoms with E-state index in [0.29, 0.717) is 6.04 Å². The van der Waals surface area contributed by atoms with Crippen molar-refractivity contribution in [3.8, 4) is 0 Å². The van der Waals surface area contributed by atoms with Crippen LogP contribution in [0.15, 0.2) is 24.3 Å². The third-order valence-corrected chi connectivity index (χ3v) is 3.53. The quantitative estimate of drug-likeness (QED) is 0.754. The average Bonchev–Trinajstić information content (AvgIpc) is 2.28. The van der Waals surface area contributed by atoms with E-state index >= 15 is 0 Å². The van der Waals surface area contributed by atoms with E-state index in [1.807, 2.05) is 0 Å². The zero-order valence-corrected chi connectivity index (χ0v) is 11.6. The summed E-state index contributed by atoms with van der Waals surface area (Å²) in [5, 5.41) is 0. The van der Waals surface area contributed by atoms with Crippen molar-refractivity contribution in [3.63, 3.8) is 0 Å². The maximum Gasteiger partial charge on any atom is 0.00445 e. The van der Waals surface area contributed by atoms with Crippen LogP contribution in [0.4, 0.5) is 0 Å². The Morgan fingerprint density at radius 1 is 1.18 bits per heavy atom. The largest absolute Gasteiger partial charge is 0.328 e. The minimum Gasteiger partial charge on any atom is -0.328 e. The molecule has 0 saturated carbocycles.